The van der Waals surface area contributed by atoms with Crippen molar-refractivity contribution in [3.63, 3.8) is 0 Å². The molecule has 0 aliphatic carbocycles. The first kappa shape index (κ1) is 16.9. The third kappa shape index (κ3) is 9.57. The molecule has 0 aromatic heterocycles. The molecule has 0 saturated carbocycles. The van der Waals surface area contributed by atoms with Gasteiger partial charge in [-0.2, -0.15) is 0 Å². The molecule has 0 bridgehead atoms. The van der Waals surface area contributed by atoms with E-state index in [0.717, 1.165) is 39.2 Å². The first-order valence-electron chi connectivity index (χ1n) is 6.82. The molecule has 3 nitrogen and oxygen atoms in total. The van der Waals surface area contributed by atoms with Crippen LogP contribution in [0, 0.1) is 5.41 Å². The monoisotopic (exact) mass is 245 g/mol. The highest BCUT2D eigenvalue weighted by atomic mass is 16.5. The molecule has 0 fully saturated rings. The van der Waals surface area contributed by atoms with Crippen LogP contribution in [0.4, 0.5) is 0 Å². The molecule has 1 unspecified atom stereocenters. The summed E-state index contributed by atoms with van der Waals surface area (Å²) in [5.74, 6) is 0. The summed E-state index contributed by atoms with van der Waals surface area (Å²) in [5, 5.41) is 3.56. The van der Waals surface area contributed by atoms with E-state index in [-0.39, 0.29) is 0 Å². The van der Waals surface area contributed by atoms with Crippen LogP contribution in [-0.2, 0) is 9.47 Å². The summed E-state index contributed by atoms with van der Waals surface area (Å²) in [6.07, 6.45) is 3.30. The Bertz CT molecular complexity index is 166. The normalized spacial score (nSPS) is 13.9. The predicted molar refractivity (Wildman–Crippen MR) is 73.5 cm³/mol. The van der Waals surface area contributed by atoms with Gasteiger partial charge in [0.05, 0.1) is 0 Å². The fourth-order valence-corrected chi connectivity index (χ4v) is 1.88. The summed E-state index contributed by atoms with van der Waals surface area (Å²) < 4.78 is 10.5. The topological polar surface area (TPSA) is 30.5 Å². The van der Waals surface area contributed by atoms with Crippen LogP contribution < -0.4 is 5.32 Å². The highest BCUT2D eigenvalue weighted by molar-refractivity contribution is 4.79. The molecule has 0 saturated heterocycles. The number of hydrogen-bond donors (Lipinski definition) is 1. The van der Waals surface area contributed by atoms with E-state index in [1.165, 1.54) is 6.42 Å². The second-order valence-corrected chi connectivity index (χ2v) is 5.58. The smallest absolute Gasteiger partial charge is 0.0487 e. The zero-order chi connectivity index (χ0) is 13.1. The Morgan fingerprint density at radius 3 is 2.24 bits per heavy atom. The molecule has 104 valence electrons. The van der Waals surface area contributed by atoms with Gasteiger partial charge in [0.1, 0.15) is 0 Å². The van der Waals surface area contributed by atoms with Crippen LogP contribution in [0.15, 0.2) is 0 Å². The van der Waals surface area contributed by atoms with E-state index in [2.05, 4.69) is 33.0 Å². The van der Waals surface area contributed by atoms with Crippen LogP contribution in [0.2, 0.25) is 0 Å². The number of rotatable bonds is 10. The van der Waals surface area contributed by atoms with Gasteiger partial charge in [0.25, 0.3) is 0 Å². The van der Waals surface area contributed by atoms with Gasteiger partial charge in [0, 0.05) is 33.0 Å². The van der Waals surface area contributed by atoms with Crippen LogP contribution >= 0.6 is 0 Å². The quantitative estimate of drug-likeness (QED) is 0.600. The van der Waals surface area contributed by atoms with Gasteiger partial charge in [-0.15, -0.1) is 0 Å². The fraction of sp³-hybridized carbons (Fsp3) is 1.00. The van der Waals surface area contributed by atoms with Gasteiger partial charge in [-0.3, -0.25) is 0 Å². The largest absolute Gasteiger partial charge is 0.385 e. The molecule has 1 atom stereocenters. The minimum Gasteiger partial charge on any atom is -0.385 e. The zero-order valence-electron chi connectivity index (χ0n) is 12.3. The van der Waals surface area contributed by atoms with E-state index in [1.807, 2.05) is 0 Å². The third-order valence-corrected chi connectivity index (χ3v) is 2.91. The Labute approximate surface area is 107 Å². The van der Waals surface area contributed by atoms with Crippen molar-refractivity contribution in [1.82, 2.24) is 5.32 Å². The van der Waals surface area contributed by atoms with Crippen molar-refractivity contribution in [3.8, 4) is 0 Å². The minimum atomic E-state index is 0.325. The lowest BCUT2D eigenvalue weighted by molar-refractivity contribution is 0.0960. The number of methoxy groups -OCH3 is 1. The van der Waals surface area contributed by atoms with Gasteiger partial charge in [-0.25, -0.2) is 0 Å². The summed E-state index contributed by atoms with van der Waals surface area (Å²) in [7, 11) is 1.73. The van der Waals surface area contributed by atoms with Crippen molar-refractivity contribution in [1.29, 1.82) is 0 Å². The van der Waals surface area contributed by atoms with Gasteiger partial charge in [-0.1, -0.05) is 27.7 Å². The molecule has 0 aliphatic heterocycles. The Morgan fingerprint density at radius 1 is 1.06 bits per heavy atom. The Morgan fingerprint density at radius 2 is 1.71 bits per heavy atom. The molecule has 3 heteroatoms. The van der Waals surface area contributed by atoms with Crippen molar-refractivity contribution < 1.29 is 9.47 Å². The van der Waals surface area contributed by atoms with Crippen LogP contribution in [0.3, 0.4) is 0 Å². The van der Waals surface area contributed by atoms with Crippen molar-refractivity contribution in [2.24, 2.45) is 5.41 Å². The fourth-order valence-electron chi connectivity index (χ4n) is 1.88. The van der Waals surface area contributed by atoms with E-state index in [4.69, 9.17) is 9.47 Å². The van der Waals surface area contributed by atoms with Crippen molar-refractivity contribution in [2.45, 2.75) is 53.0 Å². The highest BCUT2D eigenvalue weighted by Crippen LogP contribution is 2.22. The van der Waals surface area contributed by atoms with E-state index in [9.17, 15) is 0 Å². The molecule has 0 aromatic rings. The molecule has 0 spiro atoms. The van der Waals surface area contributed by atoms with Gasteiger partial charge < -0.3 is 14.8 Å². The minimum absolute atomic E-state index is 0.325. The average Bonchev–Trinajstić information content (AvgIpc) is 2.25. The number of hydrogen-bond acceptors (Lipinski definition) is 3. The molecule has 0 aliphatic rings. The zero-order valence-corrected chi connectivity index (χ0v) is 12.3. The molecule has 1 N–H and O–H groups in total. The molecule has 0 amide bonds. The summed E-state index contributed by atoms with van der Waals surface area (Å²) in [4.78, 5) is 0. The Hall–Kier alpha value is -0.120. The number of nitrogens with one attached hydrogen (secondary N) is 1. The maximum absolute atomic E-state index is 5.57. The van der Waals surface area contributed by atoms with E-state index >= 15 is 0 Å². The van der Waals surface area contributed by atoms with Crippen molar-refractivity contribution in [2.75, 3.05) is 33.5 Å². The second kappa shape index (κ2) is 9.86. The lowest BCUT2D eigenvalue weighted by atomic mass is 9.84. The summed E-state index contributed by atoms with van der Waals surface area (Å²) >= 11 is 0. The van der Waals surface area contributed by atoms with Crippen LogP contribution in [-0.4, -0.2) is 39.5 Å². The van der Waals surface area contributed by atoms with Gasteiger partial charge in [0.2, 0.25) is 0 Å². The van der Waals surface area contributed by atoms with Crippen molar-refractivity contribution in [3.05, 3.63) is 0 Å². The lowest BCUT2D eigenvalue weighted by Crippen LogP contribution is -2.40. The standard InChI is InChI=1S/C14H31NO2/c1-6-15-13(14(2,3)4)9-7-11-17-12-8-10-16-5/h13,15H,6-12H2,1-5H3. The maximum atomic E-state index is 5.57. The van der Waals surface area contributed by atoms with E-state index in [1.54, 1.807) is 7.11 Å². The molecule has 0 aromatic carbocycles. The SMILES string of the molecule is CCNC(CCCOCCCOC)C(C)(C)C. The number of ether oxygens (including phenoxy) is 2. The Balaban J connectivity index is 3.55. The molecular formula is C14H31NO2. The second-order valence-electron chi connectivity index (χ2n) is 5.58. The summed E-state index contributed by atoms with van der Waals surface area (Å²) in [6.45, 7) is 12.6. The van der Waals surface area contributed by atoms with Crippen LogP contribution in [0.1, 0.15) is 47.0 Å². The lowest BCUT2D eigenvalue weighted by Gasteiger charge is -2.31. The van der Waals surface area contributed by atoms with Crippen molar-refractivity contribution >= 4 is 0 Å². The van der Waals surface area contributed by atoms with Gasteiger partial charge >= 0.3 is 0 Å². The first-order chi connectivity index (χ1) is 8.02. The Kier molecular flexibility index (Phi) is 9.79. The highest BCUT2D eigenvalue weighted by Gasteiger charge is 2.22. The van der Waals surface area contributed by atoms with Gasteiger partial charge in [0.15, 0.2) is 0 Å². The first-order valence-corrected chi connectivity index (χ1v) is 6.82. The molecular weight excluding hydrogens is 214 g/mol. The third-order valence-electron chi connectivity index (χ3n) is 2.91. The van der Waals surface area contributed by atoms with E-state index in [0.29, 0.717) is 11.5 Å². The van der Waals surface area contributed by atoms with Crippen LogP contribution in [0.25, 0.3) is 0 Å². The summed E-state index contributed by atoms with van der Waals surface area (Å²) in [6, 6.07) is 0.579. The molecule has 17 heavy (non-hydrogen) atoms. The molecule has 0 heterocycles. The van der Waals surface area contributed by atoms with E-state index < -0.39 is 0 Å². The average molecular weight is 245 g/mol. The maximum Gasteiger partial charge on any atom is 0.0487 e. The van der Waals surface area contributed by atoms with Gasteiger partial charge in [-0.05, 0) is 31.2 Å². The predicted octanol–water partition coefficient (Wildman–Crippen LogP) is 2.84. The molecule has 0 rings (SSSR count). The summed E-state index contributed by atoms with van der Waals surface area (Å²) in [5.41, 5.74) is 0.325. The van der Waals surface area contributed by atoms with Crippen LogP contribution in [0.5, 0.6) is 0 Å². The molecule has 0 radical (unpaired) electrons.